The molecule has 1 atom stereocenters. The zero-order chi connectivity index (χ0) is 13.1. The molecular formula is C16H15NO2. The second kappa shape index (κ2) is 5.14. The third kappa shape index (κ3) is 2.60. The topological polar surface area (TPSA) is 29.5 Å². The third-order valence-corrected chi connectivity index (χ3v) is 3.21. The van der Waals surface area contributed by atoms with E-state index < -0.39 is 0 Å². The molecule has 0 aromatic heterocycles. The van der Waals surface area contributed by atoms with Crippen molar-refractivity contribution in [1.29, 1.82) is 0 Å². The van der Waals surface area contributed by atoms with Crippen LogP contribution in [0.15, 0.2) is 60.7 Å². The fourth-order valence-electron chi connectivity index (χ4n) is 2.16. The van der Waals surface area contributed by atoms with E-state index in [9.17, 15) is 4.79 Å². The molecule has 0 saturated carbocycles. The van der Waals surface area contributed by atoms with Crippen LogP contribution >= 0.6 is 0 Å². The van der Waals surface area contributed by atoms with Crippen molar-refractivity contribution in [2.75, 3.05) is 6.54 Å². The van der Waals surface area contributed by atoms with Crippen LogP contribution in [0.4, 0.5) is 0 Å². The molecule has 1 heterocycles. The molecule has 19 heavy (non-hydrogen) atoms. The summed E-state index contributed by atoms with van der Waals surface area (Å²) >= 11 is 0. The standard InChI is InChI=1S/C16H15NO2/c18-16-15(19-14-9-5-2-6-10-14)12-17(16)11-13-7-3-1-4-8-13/h1-10,15H,11-12H2/t15-/m0/s1. The minimum atomic E-state index is -0.328. The highest BCUT2D eigenvalue weighted by Gasteiger charge is 2.38. The summed E-state index contributed by atoms with van der Waals surface area (Å²) in [6.45, 7) is 1.32. The largest absolute Gasteiger partial charge is 0.479 e. The van der Waals surface area contributed by atoms with E-state index in [4.69, 9.17) is 4.74 Å². The summed E-state index contributed by atoms with van der Waals surface area (Å²) in [4.78, 5) is 13.8. The van der Waals surface area contributed by atoms with Crippen LogP contribution in [0, 0.1) is 0 Å². The lowest BCUT2D eigenvalue weighted by Gasteiger charge is -2.38. The number of hydrogen-bond acceptors (Lipinski definition) is 2. The maximum absolute atomic E-state index is 12.0. The van der Waals surface area contributed by atoms with Crippen LogP contribution in [-0.2, 0) is 11.3 Å². The van der Waals surface area contributed by atoms with Gasteiger partial charge in [0.2, 0.25) is 0 Å². The third-order valence-electron chi connectivity index (χ3n) is 3.21. The summed E-state index contributed by atoms with van der Waals surface area (Å²) in [5.41, 5.74) is 1.15. The smallest absolute Gasteiger partial charge is 0.265 e. The van der Waals surface area contributed by atoms with Gasteiger partial charge in [-0.3, -0.25) is 4.79 Å². The van der Waals surface area contributed by atoms with Crippen molar-refractivity contribution in [3.8, 4) is 5.75 Å². The SMILES string of the molecule is O=C1[C@@H](Oc2ccccc2)CN1Cc1ccccc1. The highest BCUT2D eigenvalue weighted by atomic mass is 16.5. The molecule has 96 valence electrons. The van der Waals surface area contributed by atoms with Crippen molar-refractivity contribution in [2.45, 2.75) is 12.6 Å². The monoisotopic (exact) mass is 253 g/mol. The van der Waals surface area contributed by atoms with E-state index in [1.165, 1.54) is 0 Å². The van der Waals surface area contributed by atoms with Crippen molar-refractivity contribution in [1.82, 2.24) is 4.90 Å². The molecule has 3 rings (SSSR count). The summed E-state index contributed by atoms with van der Waals surface area (Å²) in [7, 11) is 0. The van der Waals surface area contributed by atoms with Gasteiger partial charge in [-0.05, 0) is 17.7 Å². The molecular weight excluding hydrogens is 238 g/mol. The molecule has 0 radical (unpaired) electrons. The zero-order valence-electron chi connectivity index (χ0n) is 10.5. The van der Waals surface area contributed by atoms with Crippen LogP contribution in [0.2, 0.25) is 0 Å². The van der Waals surface area contributed by atoms with E-state index in [0.717, 1.165) is 11.3 Å². The predicted molar refractivity (Wildman–Crippen MR) is 72.7 cm³/mol. The second-order valence-electron chi connectivity index (χ2n) is 4.62. The Balaban J connectivity index is 1.56. The lowest BCUT2D eigenvalue weighted by Crippen LogP contribution is -2.58. The van der Waals surface area contributed by atoms with Crippen LogP contribution < -0.4 is 4.74 Å². The number of rotatable bonds is 4. The van der Waals surface area contributed by atoms with E-state index in [1.54, 1.807) is 0 Å². The Hall–Kier alpha value is -2.29. The van der Waals surface area contributed by atoms with Crippen LogP contribution in [0.3, 0.4) is 0 Å². The highest BCUT2D eigenvalue weighted by molar-refractivity contribution is 5.87. The van der Waals surface area contributed by atoms with Crippen LogP contribution in [0.5, 0.6) is 5.75 Å². The number of nitrogens with zero attached hydrogens (tertiary/aromatic N) is 1. The number of ether oxygens (including phenoxy) is 1. The molecule has 2 aromatic carbocycles. The molecule has 1 fully saturated rings. The lowest BCUT2D eigenvalue weighted by atomic mass is 10.1. The quantitative estimate of drug-likeness (QED) is 0.783. The molecule has 0 spiro atoms. The van der Waals surface area contributed by atoms with Gasteiger partial charge < -0.3 is 9.64 Å². The summed E-state index contributed by atoms with van der Waals surface area (Å²) in [5, 5.41) is 0. The van der Waals surface area contributed by atoms with Gasteiger partial charge in [-0.1, -0.05) is 48.5 Å². The van der Waals surface area contributed by atoms with E-state index in [-0.39, 0.29) is 12.0 Å². The second-order valence-corrected chi connectivity index (χ2v) is 4.62. The molecule has 0 aliphatic carbocycles. The van der Waals surface area contributed by atoms with Gasteiger partial charge in [0, 0.05) is 6.54 Å². The summed E-state index contributed by atoms with van der Waals surface area (Å²) in [5.74, 6) is 0.813. The molecule has 3 heteroatoms. The van der Waals surface area contributed by atoms with E-state index in [0.29, 0.717) is 13.1 Å². The number of carbonyl (C=O) groups excluding carboxylic acids is 1. The van der Waals surface area contributed by atoms with E-state index >= 15 is 0 Å². The Morgan fingerprint density at radius 2 is 1.63 bits per heavy atom. The van der Waals surface area contributed by atoms with Crippen molar-refractivity contribution >= 4 is 5.91 Å². The number of benzene rings is 2. The number of β-lactam (4-membered cyclic amide) rings is 1. The maximum atomic E-state index is 12.0. The van der Waals surface area contributed by atoms with Gasteiger partial charge in [0.25, 0.3) is 5.91 Å². The lowest BCUT2D eigenvalue weighted by molar-refractivity contribution is -0.154. The summed E-state index contributed by atoms with van der Waals surface area (Å²) in [6, 6.07) is 19.5. The highest BCUT2D eigenvalue weighted by Crippen LogP contribution is 2.20. The summed E-state index contributed by atoms with van der Waals surface area (Å²) in [6.07, 6.45) is -0.328. The Bertz CT molecular complexity index is 504. The van der Waals surface area contributed by atoms with Gasteiger partial charge in [0.1, 0.15) is 5.75 Å². The maximum Gasteiger partial charge on any atom is 0.265 e. The van der Waals surface area contributed by atoms with Crippen LogP contribution in [0.25, 0.3) is 0 Å². The Morgan fingerprint density at radius 1 is 1.00 bits per heavy atom. The zero-order valence-corrected chi connectivity index (χ0v) is 10.5. The number of hydrogen-bond donors (Lipinski definition) is 0. The van der Waals surface area contributed by atoms with E-state index in [2.05, 4.69) is 0 Å². The van der Waals surface area contributed by atoms with Crippen molar-refractivity contribution < 1.29 is 9.53 Å². The number of likely N-dealkylation sites (tertiary alicyclic amines) is 1. The first-order valence-corrected chi connectivity index (χ1v) is 6.37. The van der Waals surface area contributed by atoms with Crippen LogP contribution in [-0.4, -0.2) is 23.5 Å². The Kier molecular flexibility index (Phi) is 3.19. The molecule has 0 unspecified atom stereocenters. The molecule has 1 amide bonds. The first kappa shape index (κ1) is 11.8. The van der Waals surface area contributed by atoms with Gasteiger partial charge in [-0.25, -0.2) is 0 Å². The average molecular weight is 253 g/mol. The first-order valence-electron chi connectivity index (χ1n) is 6.37. The average Bonchev–Trinajstić information content (AvgIpc) is 2.48. The molecule has 0 N–H and O–H groups in total. The van der Waals surface area contributed by atoms with Gasteiger partial charge in [-0.2, -0.15) is 0 Å². The number of para-hydroxylation sites is 1. The van der Waals surface area contributed by atoms with Crippen molar-refractivity contribution in [2.24, 2.45) is 0 Å². The van der Waals surface area contributed by atoms with Crippen molar-refractivity contribution in [3.63, 3.8) is 0 Å². The predicted octanol–water partition coefficient (Wildman–Crippen LogP) is 2.48. The molecule has 1 aliphatic heterocycles. The number of carbonyl (C=O) groups is 1. The molecule has 1 saturated heterocycles. The van der Waals surface area contributed by atoms with Gasteiger partial charge in [-0.15, -0.1) is 0 Å². The fourth-order valence-corrected chi connectivity index (χ4v) is 2.16. The van der Waals surface area contributed by atoms with Gasteiger partial charge in [0.05, 0.1) is 6.54 Å². The fraction of sp³-hybridized carbons (Fsp3) is 0.188. The molecule has 2 aromatic rings. The van der Waals surface area contributed by atoms with Gasteiger partial charge >= 0.3 is 0 Å². The van der Waals surface area contributed by atoms with Crippen molar-refractivity contribution in [3.05, 3.63) is 66.2 Å². The van der Waals surface area contributed by atoms with Gasteiger partial charge in [0.15, 0.2) is 6.10 Å². The first-order chi connectivity index (χ1) is 9.33. The van der Waals surface area contributed by atoms with E-state index in [1.807, 2.05) is 65.6 Å². The molecule has 1 aliphatic rings. The number of amides is 1. The minimum absolute atomic E-state index is 0.0627. The normalized spacial score (nSPS) is 18.0. The molecule has 3 nitrogen and oxygen atoms in total. The minimum Gasteiger partial charge on any atom is -0.479 e. The Labute approximate surface area is 112 Å². The Morgan fingerprint density at radius 3 is 2.26 bits per heavy atom. The van der Waals surface area contributed by atoms with Crippen LogP contribution in [0.1, 0.15) is 5.56 Å². The summed E-state index contributed by atoms with van der Waals surface area (Å²) < 4.78 is 5.64. The molecule has 0 bridgehead atoms.